The number of para-hydroxylation sites is 1. The highest BCUT2D eigenvalue weighted by molar-refractivity contribution is 9.10. The summed E-state index contributed by atoms with van der Waals surface area (Å²) in [5.74, 6) is 0.952. The summed E-state index contributed by atoms with van der Waals surface area (Å²) < 4.78 is 7.02. The highest BCUT2D eigenvalue weighted by Gasteiger charge is 2.18. The summed E-state index contributed by atoms with van der Waals surface area (Å²) >= 11 is 5.21. The Morgan fingerprint density at radius 2 is 2.11 bits per heavy atom. The summed E-state index contributed by atoms with van der Waals surface area (Å²) in [5.41, 5.74) is 0.934. The minimum Gasteiger partial charge on any atom is -0.459 e. The van der Waals surface area contributed by atoms with Crippen molar-refractivity contribution < 1.29 is 4.42 Å². The molecule has 92 valence electrons. The average Bonchev–Trinajstić information content (AvgIpc) is 2.96. The number of furan rings is 1. The van der Waals surface area contributed by atoms with Crippen LogP contribution in [0.2, 0.25) is 0 Å². The molecule has 0 aliphatic rings. The summed E-state index contributed by atoms with van der Waals surface area (Å²) in [5, 5.41) is 6.53. The molecule has 0 fully saturated rings. The number of hydrogen-bond acceptors (Lipinski definition) is 3. The maximum absolute atomic E-state index is 5.91. The van der Waals surface area contributed by atoms with Crippen molar-refractivity contribution in [1.29, 1.82) is 0 Å². The third-order valence-corrected chi connectivity index (χ3v) is 4.65. The molecule has 0 radical (unpaired) electrons. The summed E-state index contributed by atoms with van der Waals surface area (Å²) in [4.78, 5) is 1.24. The Morgan fingerprint density at radius 1 is 1.28 bits per heavy atom. The van der Waals surface area contributed by atoms with E-state index in [-0.39, 0.29) is 6.04 Å². The zero-order valence-electron chi connectivity index (χ0n) is 9.81. The van der Waals surface area contributed by atoms with Crippen LogP contribution in [0.1, 0.15) is 16.7 Å². The van der Waals surface area contributed by atoms with E-state index in [4.69, 9.17) is 4.42 Å². The van der Waals surface area contributed by atoms with Crippen LogP contribution in [0.4, 0.5) is 0 Å². The van der Waals surface area contributed by atoms with Crippen LogP contribution >= 0.6 is 27.3 Å². The molecule has 1 N–H and O–H groups in total. The second-order valence-electron chi connectivity index (χ2n) is 4.08. The first-order valence-corrected chi connectivity index (χ1v) is 7.35. The zero-order valence-corrected chi connectivity index (χ0v) is 12.2. The van der Waals surface area contributed by atoms with Gasteiger partial charge in [-0.05, 0) is 41.2 Å². The third-order valence-electron chi connectivity index (χ3n) is 2.89. The molecule has 0 spiro atoms. The molecular formula is C14H12BrNOS. The highest BCUT2D eigenvalue weighted by Crippen LogP contribution is 2.32. The molecule has 0 aliphatic carbocycles. The van der Waals surface area contributed by atoms with Gasteiger partial charge >= 0.3 is 0 Å². The van der Waals surface area contributed by atoms with E-state index in [0.717, 1.165) is 21.2 Å². The van der Waals surface area contributed by atoms with Crippen LogP contribution < -0.4 is 5.32 Å². The minimum atomic E-state index is 0.105. The average molecular weight is 322 g/mol. The SMILES string of the molecule is CNC(c1cc2ccccc2o1)c1cc(Br)cs1. The van der Waals surface area contributed by atoms with Gasteiger partial charge in [-0.1, -0.05) is 18.2 Å². The maximum atomic E-state index is 5.91. The number of rotatable bonds is 3. The fraction of sp³-hybridized carbons (Fsp3) is 0.143. The third kappa shape index (κ3) is 2.11. The molecule has 0 saturated heterocycles. The van der Waals surface area contributed by atoms with Crippen molar-refractivity contribution in [3.63, 3.8) is 0 Å². The molecule has 3 rings (SSSR count). The van der Waals surface area contributed by atoms with E-state index in [1.807, 2.05) is 25.2 Å². The van der Waals surface area contributed by atoms with Gasteiger partial charge in [0.05, 0.1) is 0 Å². The van der Waals surface area contributed by atoms with E-state index in [1.54, 1.807) is 11.3 Å². The number of benzene rings is 1. The lowest BCUT2D eigenvalue weighted by atomic mass is 10.1. The Morgan fingerprint density at radius 3 is 2.78 bits per heavy atom. The highest BCUT2D eigenvalue weighted by atomic mass is 79.9. The van der Waals surface area contributed by atoms with Gasteiger partial charge in [0.2, 0.25) is 0 Å². The fourth-order valence-electron chi connectivity index (χ4n) is 2.05. The first-order chi connectivity index (χ1) is 8.78. The molecule has 4 heteroatoms. The fourth-order valence-corrected chi connectivity index (χ4v) is 3.61. The second kappa shape index (κ2) is 4.88. The van der Waals surface area contributed by atoms with E-state index in [0.29, 0.717) is 0 Å². The van der Waals surface area contributed by atoms with Gasteiger partial charge in [0.1, 0.15) is 17.4 Å². The molecule has 3 aromatic rings. The Labute approximate surface area is 118 Å². The van der Waals surface area contributed by atoms with Gasteiger partial charge in [0.15, 0.2) is 0 Å². The van der Waals surface area contributed by atoms with Gasteiger partial charge in [-0.25, -0.2) is 0 Å². The Balaban J connectivity index is 2.05. The molecule has 0 bridgehead atoms. The predicted octanol–water partition coefficient (Wildman–Crippen LogP) is 4.57. The van der Waals surface area contributed by atoms with Crippen molar-refractivity contribution in [2.45, 2.75) is 6.04 Å². The molecule has 2 aromatic heterocycles. The van der Waals surface area contributed by atoms with Gasteiger partial charge in [-0.15, -0.1) is 11.3 Å². The van der Waals surface area contributed by atoms with Crippen LogP contribution in [0.5, 0.6) is 0 Å². The van der Waals surface area contributed by atoms with Crippen LogP contribution in [0.25, 0.3) is 11.0 Å². The van der Waals surface area contributed by atoms with Crippen molar-refractivity contribution >= 4 is 38.2 Å². The summed E-state index contributed by atoms with van der Waals surface area (Å²) in [6.45, 7) is 0. The molecule has 1 aromatic carbocycles. The summed E-state index contributed by atoms with van der Waals surface area (Å²) in [7, 11) is 1.95. The van der Waals surface area contributed by atoms with Gasteiger partial charge < -0.3 is 9.73 Å². The second-order valence-corrected chi connectivity index (χ2v) is 5.93. The molecule has 0 amide bonds. The monoisotopic (exact) mass is 321 g/mol. The first-order valence-electron chi connectivity index (χ1n) is 5.67. The lowest BCUT2D eigenvalue weighted by Crippen LogP contribution is -2.15. The van der Waals surface area contributed by atoms with E-state index >= 15 is 0 Å². The number of hydrogen-bond donors (Lipinski definition) is 1. The van der Waals surface area contributed by atoms with Crippen molar-refractivity contribution in [2.75, 3.05) is 7.05 Å². The standard InChI is InChI=1S/C14H12BrNOS/c1-16-14(13-7-10(15)8-18-13)12-6-9-4-2-3-5-11(9)17-12/h2-8,14,16H,1H3. The van der Waals surface area contributed by atoms with Crippen LogP contribution in [-0.2, 0) is 0 Å². The van der Waals surface area contributed by atoms with Gasteiger partial charge in [0, 0.05) is 20.1 Å². The Kier molecular flexibility index (Phi) is 3.24. The summed E-state index contributed by atoms with van der Waals surface area (Å²) in [6, 6.07) is 12.4. The first kappa shape index (κ1) is 12.0. The number of nitrogens with one attached hydrogen (secondary N) is 1. The van der Waals surface area contributed by atoms with E-state index in [2.05, 4.69) is 44.8 Å². The van der Waals surface area contributed by atoms with Crippen LogP contribution in [0.15, 0.2) is 50.7 Å². The van der Waals surface area contributed by atoms with Crippen molar-refractivity contribution in [3.05, 3.63) is 56.9 Å². The molecule has 2 nitrogen and oxygen atoms in total. The number of fused-ring (bicyclic) bond motifs is 1. The predicted molar refractivity (Wildman–Crippen MR) is 79.1 cm³/mol. The number of thiophene rings is 1. The van der Waals surface area contributed by atoms with Crippen LogP contribution in [-0.4, -0.2) is 7.05 Å². The van der Waals surface area contributed by atoms with E-state index in [9.17, 15) is 0 Å². The summed E-state index contributed by atoms with van der Waals surface area (Å²) in [6.07, 6.45) is 0. The van der Waals surface area contributed by atoms with E-state index in [1.165, 1.54) is 4.88 Å². The normalized spacial score (nSPS) is 13.0. The quantitative estimate of drug-likeness (QED) is 0.764. The topological polar surface area (TPSA) is 25.2 Å². The van der Waals surface area contributed by atoms with Crippen LogP contribution in [0, 0.1) is 0 Å². The maximum Gasteiger partial charge on any atom is 0.134 e. The molecule has 2 heterocycles. The molecule has 1 atom stereocenters. The van der Waals surface area contributed by atoms with Gasteiger partial charge in [-0.3, -0.25) is 0 Å². The van der Waals surface area contributed by atoms with Crippen molar-refractivity contribution in [3.8, 4) is 0 Å². The lowest BCUT2D eigenvalue weighted by molar-refractivity contribution is 0.495. The zero-order chi connectivity index (χ0) is 12.5. The van der Waals surface area contributed by atoms with Crippen LogP contribution in [0.3, 0.4) is 0 Å². The Hall–Kier alpha value is -1.10. The molecule has 18 heavy (non-hydrogen) atoms. The number of halogens is 1. The lowest BCUT2D eigenvalue weighted by Gasteiger charge is -2.10. The largest absolute Gasteiger partial charge is 0.459 e. The Bertz CT molecular complexity index is 640. The van der Waals surface area contributed by atoms with Crippen molar-refractivity contribution in [2.24, 2.45) is 0 Å². The van der Waals surface area contributed by atoms with Gasteiger partial charge in [-0.2, -0.15) is 0 Å². The van der Waals surface area contributed by atoms with Crippen molar-refractivity contribution in [1.82, 2.24) is 5.32 Å². The molecule has 0 aliphatic heterocycles. The smallest absolute Gasteiger partial charge is 0.134 e. The molecule has 0 saturated carbocycles. The molecular weight excluding hydrogens is 310 g/mol. The van der Waals surface area contributed by atoms with Gasteiger partial charge in [0.25, 0.3) is 0 Å². The van der Waals surface area contributed by atoms with E-state index < -0.39 is 0 Å². The minimum absolute atomic E-state index is 0.105. The molecule has 1 unspecified atom stereocenters.